The van der Waals surface area contributed by atoms with Crippen LogP contribution in [0.25, 0.3) is 0 Å². The predicted molar refractivity (Wildman–Crippen MR) is 121 cm³/mol. The summed E-state index contributed by atoms with van der Waals surface area (Å²) in [5, 5.41) is 9.94. The summed E-state index contributed by atoms with van der Waals surface area (Å²) in [5.74, 6) is 1.22. The van der Waals surface area contributed by atoms with Gasteiger partial charge in [-0.05, 0) is 20.8 Å². The van der Waals surface area contributed by atoms with E-state index in [0.29, 0.717) is 19.0 Å². The van der Waals surface area contributed by atoms with E-state index in [-0.39, 0.29) is 36.1 Å². The molecule has 2 rings (SSSR count). The number of nitrogens with zero attached hydrogens (tertiary/aromatic N) is 3. The minimum absolute atomic E-state index is 0. The zero-order valence-corrected chi connectivity index (χ0v) is 20.2. The zero-order chi connectivity index (χ0) is 19.3. The lowest BCUT2D eigenvalue weighted by molar-refractivity contribution is 0.00701. The molecule has 0 atom stereocenters. The van der Waals surface area contributed by atoms with Crippen molar-refractivity contribution in [2.45, 2.75) is 58.6 Å². The average molecular weight is 509 g/mol. The second kappa shape index (κ2) is 10.4. The molecule has 1 aliphatic heterocycles. The molecule has 9 heteroatoms. The first-order valence-electron chi connectivity index (χ1n) is 9.07. The largest absolute Gasteiger partial charge is 0.444 e. The normalized spacial score (nSPS) is 15.2. The molecule has 0 radical (unpaired) electrons. The Bertz CT molecular complexity index is 636. The van der Waals surface area contributed by atoms with Gasteiger partial charge in [0.2, 0.25) is 0 Å². The Hall–Kier alpha value is -1.10. The number of carbonyl (C=O) groups excluding carboxylic acids is 1. The summed E-state index contributed by atoms with van der Waals surface area (Å²) in [6.45, 7) is 12.0. The maximum Gasteiger partial charge on any atom is 0.410 e. The highest BCUT2D eigenvalue weighted by molar-refractivity contribution is 14.0. The van der Waals surface area contributed by atoms with Gasteiger partial charge < -0.3 is 20.3 Å². The number of carbonyl (C=O) groups is 1. The number of halogens is 1. The third-order valence-corrected chi connectivity index (χ3v) is 5.03. The molecule has 1 amide bonds. The van der Waals surface area contributed by atoms with E-state index in [9.17, 15) is 4.79 Å². The van der Waals surface area contributed by atoms with E-state index in [4.69, 9.17) is 4.74 Å². The topological polar surface area (TPSA) is 78.9 Å². The monoisotopic (exact) mass is 509 g/mol. The Balaban J connectivity index is 0.00000364. The van der Waals surface area contributed by atoms with E-state index in [1.165, 1.54) is 5.01 Å². The Morgan fingerprint density at radius 2 is 2.11 bits per heavy atom. The van der Waals surface area contributed by atoms with Gasteiger partial charge in [0.05, 0.1) is 16.7 Å². The number of nitrogens with one attached hydrogen (secondary N) is 2. The van der Waals surface area contributed by atoms with Crippen molar-refractivity contribution in [1.29, 1.82) is 0 Å². The highest BCUT2D eigenvalue weighted by Crippen LogP contribution is 2.19. The van der Waals surface area contributed by atoms with Crippen molar-refractivity contribution in [3.63, 3.8) is 0 Å². The van der Waals surface area contributed by atoms with Gasteiger partial charge in [0.15, 0.2) is 5.96 Å². The molecule has 27 heavy (non-hydrogen) atoms. The van der Waals surface area contributed by atoms with Crippen molar-refractivity contribution >= 4 is 47.4 Å². The van der Waals surface area contributed by atoms with Crippen LogP contribution in [0.15, 0.2) is 10.4 Å². The quantitative estimate of drug-likeness (QED) is 0.362. The molecule has 154 valence electrons. The number of ether oxygens (including phenoxy) is 1. The molecule has 0 unspecified atom stereocenters. The van der Waals surface area contributed by atoms with Crippen molar-refractivity contribution < 1.29 is 9.53 Å². The molecule has 0 saturated carbocycles. The Kier molecular flexibility index (Phi) is 9.26. The van der Waals surface area contributed by atoms with Crippen LogP contribution in [0.3, 0.4) is 0 Å². The fraction of sp³-hybridized carbons (Fsp3) is 0.722. The third kappa shape index (κ3) is 7.81. The van der Waals surface area contributed by atoms with Gasteiger partial charge in [-0.3, -0.25) is 4.99 Å². The van der Waals surface area contributed by atoms with Gasteiger partial charge in [0.1, 0.15) is 5.60 Å². The van der Waals surface area contributed by atoms with Crippen LogP contribution in [0.5, 0.6) is 0 Å². The Morgan fingerprint density at radius 1 is 1.44 bits per heavy atom. The minimum Gasteiger partial charge on any atom is -0.444 e. The molecule has 1 aromatic rings. The molecule has 0 aromatic carbocycles. The molecular formula is C18H32IN5O2S. The lowest BCUT2D eigenvalue weighted by Crippen LogP contribution is -2.63. The van der Waals surface area contributed by atoms with E-state index in [1.807, 2.05) is 20.8 Å². The number of amides is 1. The summed E-state index contributed by atoms with van der Waals surface area (Å²) in [6, 6.07) is 0.195. The molecule has 0 bridgehead atoms. The van der Waals surface area contributed by atoms with Crippen LogP contribution >= 0.6 is 35.3 Å². The van der Waals surface area contributed by atoms with Gasteiger partial charge in [0, 0.05) is 44.4 Å². The van der Waals surface area contributed by atoms with Crippen LogP contribution in [-0.4, -0.2) is 60.3 Å². The van der Waals surface area contributed by atoms with Crippen LogP contribution in [0, 0.1) is 0 Å². The highest BCUT2D eigenvalue weighted by Gasteiger charge is 2.34. The first-order valence-corrected chi connectivity index (χ1v) is 9.95. The molecule has 2 N–H and O–H groups in total. The van der Waals surface area contributed by atoms with Gasteiger partial charge >= 0.3 is 6.09 Å². The van der Waals surface area contributed by atoms with Gasteiger partial charge in [-0.2, -0.15) is 0 Å². The first-order chi connectivity index (χ1) is 12.2. The molecule has 0 aliphatic carbocycles. The maximum absolute atomic E-state index is 11.9. The van der Waals surface area contributed by atoms with E-state index in [2.05, 4.69) is 39.8 Å². The number of aliphatic imine (C=N–C) groups is 1. The van der Waals surface area contributed by atoms with Crippen molar-refractivity contribution in [2.75, 3.05) is 26.7 Å². The summed E-state index contributed by atoms with van der Waals surface area (Å²) in [6.07, 6.45) is 0.599. The molecule has 7 nitrogen and oxygen atoms in total. The SMILES string of the molecule is CN=C(NCCc1csc(C(C)C)n1)NC1CN(C(=O)OC(C)(C)C)C1.I. The number of rotatable bonds is 5. The van der Waals surface area contributed by atoms with Crippen molar-refractivity contribution in [2.24, 2.45) is 4.99 Å². The van der Waals surface area contributed by atoms with Gasteiger partial charge in [-0.15, -0.1) is 35.3 Å². The highest BCUT2D eigenvalue weighted by atomic mass is 127. The van der Waals surface area contributed by atoms with Crippen molar-refractivity contribution in [1.82, 2.24) is 20.5 Å². The summed E-state index contributed by atoms with van der Waals surface area (Å²) < 4.78 is 5.36. The van der Waals surface area contributed by atoms with Crippen LogP contribution in [-0.2, 0) is 11.2 Å². The van der Waals surface area contributed by atoms with Gasteiger partial charge in [-0.25, -0.2) is 9.78 Å². The second-order valence-corrected chi connectivity index (χ2v) is 8.70. The number of hydrogen-bond donors (Lipinski definition) is 2. The fourth-order valence-electron chi connectivity index (χ4n) is 2.45. The zero-order valence-electron chi connectivity index (χ0n) is 17.0. The molecule has 0 spiro atoms. The third-order valence-electron chi connectivity index (χ3n) is 3.83. The summed E-state index contributed by atoms with van der Waals surface area (Å²) >= 11 is 1.72. The smallest absolute Gasteiger partial charge is 0.410 e. The van der Waals surface area contributed by atoms with Gasteiger partial charge in [0.25, 0.3) is 0 Å². The van der Waals surface area contributed by atoms with Gasteiger partial charge in [-0.1, -0.05) is 13.8 Å². The van der Waals surface area contributed by atoms with Crippen molar-refractivity contribution in [3.05, 3.63) is 16.1 Å². The van der Waals surface area contributed by atoms with E-state index in [1.54, 1.807) is 23.3 Å². The number of thiazole rings is 1. The average Bonchev–Trinajstić information content (AvgIpc) is 2.95. The maximum atomic E-state index is 11.9. The van der Waals surface area contributed by atoms with E-state index < -0.39 is 5.60 Å². The number of hydrogen-bond acceptors (Lipinski definition) is 5. The molecule has 1 saturated heterocycles. The Labute approximate surface area is 183 Å². The summed E-state index contributed by atoms with van der Waals surface area (Å²) in [4.78, 5) is 22.5. The lowest BCUT2D eigenvalue weighted by Gasteiger charge is -2.40. The molecular weight excluding hydrogens is 477 g/mol. The lowest BCUT2D eigenvalue weighted by atomic mass is 10.1. The molecule has 2 heterocycles. The standard InChI is InChI=1S/C18H31N5O2S.HI/c1-12(2)15-21-13(11-26-15)7-8-20-16(19-6)22-14-9-23(10-14)17(24)25-18(3,4)5;/h11-12,14H,7-10H2,1-6H3,(H2,19,20,22);1H. The molecule has 1 aliphatic rings. The van der Waals surface area contributed by atoms with Crippen molar-refractivity contribution in [3.8, 4) is 0 Å². The minimum atomic E-state index is -0.460. The Morgan fingerprint density at radius 3 is 2.63 bits per heavy atom. The second-order valence-electron chi connectivity index (χ2n) is 7.81. The van der Waals surface area contributed by atoms with Crippen LogP contribution in [0.1, 0.15) is 51.2 Å². The summed E-state index contributed by atoms with van der Waals surface area (Å²) in [7, 11) is 1.75. The number of likely N-dealkylation sites (tertiary alicyclic amines) is 1. The summed E-state index contributed by atoms with van der Waals surface area (Å²) in [5.41, 5.74) is 0.652. The molecule has 1 fully saturated rings. The fourth-order valence-corrected chi connectivity index (χ4v) is 3.31. The van der Waals surface area contributed by atoms with E-state index >= 15 is 0 Å². The number of guanidine groups is 1. The van der Waals surface area contributed by atoms with Crippen LogP contribution < -0.4 is 10.6 Å². The van der Waals surface area contributed by atoms with Crippen LogP contribution in [0.4, 0.5) is 4.79 Å². The van der Waals surface area contributed by atoms with E-state index in [0.717, 1.165) is 24.6 Å². The molecule has 1 aromatic heterocycles. The number of aromatic nitrogens is 1. The predicted octanol–water partition coefficient (Wildman–Crippen LogP) is 3.21. The first kappa shape index (κ1) is 23.9. The van der Waals surface area contributed by atoms with Crippen LogP contribution in [0.2, 0.25) is 0 Å².